The van der Waals surface area contributed by atoms with E-state index in [-0.39, 0.29) is 28.5 Å². The zero-order valence-electron chi connectivity index (χ0n) is 13.9. The standard InChI is InChI=1S/C17H16F4N2O3/c1-9(2)15-22-11(7-14(24)23-15)5-3-10-4-6-12(25-16(18)19)8-13(10)26-17(20)21/h3-9,16-17H,1-2H3,(H,22,23,24)/b5-3+. The van der Waals surface area contributed by atoms with Crippen LogP contribution in [-0.4, -0.2) is 23.2 Å². The highest BCUT2D eigenvalue weighted by Crippen LogP contribution is 2.29. The van der Waals surface area contributed by atoms with Gasteiger partial charge in [0.2, 0.25) is 0 Å². The van der Waals surface area contributed by atoms with Gasteiger partial charge in [-0.2, -0.15) is 17.6 Å². The van der Waals surface area contributed by atoms with Gasteiger partial charge in [0.15, 0.2) is 0 Å². The highest BCUT2D eigenvalue weighted by atomic mass is 19.3. The van der Waals surface area contributed by atoms with Crippen LogP contribution in [0.5, 0.6) is 11.5 Å². The van der Waals surface area contributed by atoms with Crippen LogP contribution in [0.4, 0.5) is 17.6 Å². The fourth-order valence-electron chi connectivity index (χ4n) is 2.06. The van der Waals surface area contributed by atoms with Crippen molar-refractivity contribution in [2.45, 2.75) is 33.0 Å². The first-order valence-corrected chi connectivity index (χ1v) is 7.57. The second-order valence-corrected chi connectivity index (χ2v) is 5.50. The number of aromatic amines is 1. The van der Waals surface area contributed by atoms with Crippen LogP contribution in [0.3, 0.4) is 0 Å². The Hall–Kier alpha value is -2.84. The molecular weight excluding hydrogens is 356 g/mol. The molecule has 0 aliphatic rings. The van der Waals surface area contributed by atoms with Crippen LogP contribution in [0.25, 0.3) is 12.2 Å². The third kappa shape index (κ3) is 5.61. The molecule has 0 aliphatic heterocycles. The SMILES string of the molecule is CC(C)c1nc(/C=C/c2ccc(OC(F)F)cc2OC(F)F)cc(=O)[nH]1. The van der Waals surface area contributed by atoms with Gasteiger partial charge >= 0.3 is 13.2 Å². The second kappa shape index (κ2) is 8.50. The van der Waals surface area contributed by atoms with Crippen molar-refractivity contribution in [3.8, 4) is 11.5 Å². The maximum atomic E-state index is 12.6. The molecule has 1 aromatic carbocycles. The number of nitrogens with zero attached hydrogens (tertiary/aromatic N) is 1. The lowest BCUT2D eigenvalue weighted by atomic mass is 10.1. The van der Waals surface area contributed by atoms with E-state index in [1.807, 2.05) is 13.8 Å². The van der Waals surface area contributed by atoms with Crippen LogP contribution in [0.15, 0.2) is 29.1 Å². The van der Waals surface area contributed by atoms with Crippen molar-refractivity contribution < 1.29 is 27.0 Å². The summed E-state index contributed by atoms with van der Waals surface area (Å²) in [6, 6.07) is 4.64. The average molecular weight is 372 g/mol. The number of alkyl halides is 4. The molecule has 2 aromatic rings. The molecule has 0 atom stereocenters. The Morgan fingerprint density at radius 2 is 1.73 bits per heavy atom. The fourth-order valence-corrected chi connectivity index (χ4v) is 2.06. The summed E-state index contributed by atoms with van der Waals surface area (Å²) >= 11 is 0. The number of benzene rings is 1. The van der Waals surface area contributed by atoms with Gasteiger partial charge in [0, 0.05) is 23.6 Å². The minimum Gasteiger partial charge on any atom is -0.435 e. The highest BCUT2D eigenvalue weighted by molar-refractivity contribution is 5.71. The normalized spacial score (nSPS) is 11.7. The molecule has 0 amide bonds. The van der Waals surface area contributed by atoms with Gasteiger partial charge in [-0.25, -0.2) is 4.98 Å². The monoisotopic (exact) mass is 372 g/mol. The van der Waals surface area contributed by atoms with Crippen LogP contribution in [-0.2, 0) is 0 Å². The van der Waals surface area contributed by atoms with Crippen molar-refractivity contribution in [2.75, 3.05) is 0 Å². The number of halogens is 4. The molecule has 0 saturated carbocycles. The summed E-state index contributed by atoms with van der Waals surface area (Å²) in [5, 5.41) is 0. The summed E-state index contributed by atoms with van der Waals surface area (Å²) < 4.78 is 58.2. The molecule has 5 nitrogen and oxygen atoms in total. The number of ether oxygens (including phenoxy) is 2. The maximum absolute atomic E-state index is 12.6. The van der Waals surface area contributed by atoms with Crippen LogP contribution in [0.2, 0.25) is 0 Å². The molecule has 1 N–H and O–H groups in total. The summed E-state index contributed by atoms with van der Waals surface area (Å²) in [4.78, 5) is 18.5. The predicted octanol–water partition coefficient (Wildman–Crippen LogP) is 4.27. The van der Waals surface area contributed by atoms with Crippen LogP contribution in [0.1, 0.15) is 36.8 Å². The molecule has 0 radical (unpaired) electrons. The summed E-state index contributed by atoms with van der Waals surface area (Å²) in [7, 11) is 0. The van der Waals surface area contributed by atoms with E-state index in [0.717, 1.165) is 6.07 Å². The smallest absolute Gasteiger partial charge is 0.387 e. The maximum Gasteiger partial charge on any atom is 0.387 e. The van der Waals surface area contributed by atoms with Crippen molar-refractivity contribution in [3.05, 3.63) is 51.7 Å². The number of hydrogen-bond acceptors (Lipinski definition) is 4. The van der Waals surface area contributed by atoms with E-state index in [9.17, 15) is 22.4 Å². The Labute approximate surface area is 146 Å². The zero-order chi connectivity index (χ0) is 19.3. The Balaban J connectivity index is 2.35. The van der Waals surface area contributed by atoms with Gasteiger partial charge in [0.1, 0.15) is 17.3 Å². The molecule has 0 bridgehead atoms. The van der Waals surface area contributed by atoms with Crippen LogP contribution >= 0.6 is 0 Å². The lowest BCUT2D eigenvalue weighted by molar-refractivity contribution is -0.0543. The second-order valence-electron chi connectivity index (χ2n) is 5.50. The Bertz CT molecular complexity index is 835. The van der Waals surface area contributed by atoms with Gasteiger partial charge in [-0.15, -0.1) is 0 Å². The molecule has 1 aromatic heterocycles. The van der Waals surface area contributed by atoms with Crippen LogP contribution in [0, 0.1) is 0 Å². The third-order valence-corrected chi connectivity index (χ3v) is 3.19. The van der Waals surface area contributed by atoms with E-state index in [4.69, 9.17) is 0 Å². The topological polar surface area (TPSA) is 64.2 Å². The number of aromatic nitrogens is 2. The van der Waals surface area contributed by atoms with Crippen molar-refractivity contribution in [1.82, 2.24) is 9.97 Å². The molecule has 0 saturated heterocycles. The number of H-pyrrole nitrogens is 1. The van der Waals surface area contributed by atoms with E-state index in [2.05, 4.69) is 19.4 Å². The Morgan fingerprint density at radius 3 is 2.35 bits per heavy atom. The summed E-state index contributed by atoms with van der Waals surface area (Å²) in [6.45, 7) is -2.54. The number of rotatable bonds is 7. The first-order chi connectivity index (χ1) is 12.2. The van der Waals surface area contributed by atoms with E-state index in [1.54, 1.807) is 0 Å². The summed E-state index contributed by atoms with van der Waals surface area (Å²) in [6.07, 6.45) is 2.82. The van der Waals surface area contributed by atoms with Gasteiger partial charge in [-0.1, -0.05) is 13.8 Å². The van der Waals surface area contributed by atoms with Gasteiger partial charge in [-0.05, 0) is 24.3 Å². The first-order valence-electron chi connectivity index (χ1n) is 7.57. The van der Waals surface area contributed by atoms with Crippen LogP contribution < -0.4 is 15.0 Å². The minimum atomic E-state index is -3.14. The predicted molar refractivity (Wildman–Crippen MR) is 87.6 cm³/mol. The first kappa shape index (κ1) is 19.5. The van der Waals surface area contributed by atoms with E-state index in [0.29, 0.717) is 11.5 Å². The summed E-state index contributed by atoms with van der Waals surface area (Å²) in [5.41, 5.74) is 0.140. The number of nitrogens with one attached hydrogen (secondary N) is 1. The van der Waals surface area contributed by atoms with E-state index < -0.39 is 13.2 Å². The van der Waals surface area contributed by atoms with E-state index in [1.165, 1.54) is 30.4 Å². The van der Waals surface area contributed by atoms with Gasteiger partial charge in [0.05, 0.1) is 5.69 Å². The van der Waals surface area contributed by atoms with Crippen molar-refractivity contribution in [1.29, 1.82) is 0 Å². The molecule has 0 unspecified atom stereocenters. The molecule has 1 heterocycles. The van der Waals surface area contributed by atoms with Crippen molar-refractivity contribution in [2.24, 2.45) is 0 Å². The molecule has 2 rings (SSSR count). The Morgan fingerprint density at radius 1 is 1.04 bits per heavy atom. The zero-order valence-corrected chi connectivity index (χ0v) is 13.9. The lowest BCUT2D eigenvalue weighted by Crippen LogP contribution is -2.12. The highest BCUT2D eigenvalue weighted by Gasteiger charge is 2.12. The average Bonchev–Trinajstić information content (AvgIpc) is 2.52. The van der Waals surface area contributed by atoms with Gasteiger partial charge in [-0.3, -0.25) is 4.79 Å². The molecule has 0 spiro atoms. The van der Waals surface area contributed by atoms with Gasteiger partial charge < -0.3 is 14.5 Å². The molecule has 26 heavy (non-hydrogen) atoms. The molecule has 9 heteroatoms. The fraction of sp³-hybridized carbons (Fsp3) is 0.294. The third-order valence-electron chi connectivity index (χ3n) is 3.19. The van der Waals surface area contributed by atoms with Crippen molar-refractivity contribution in [3.63, 3.8) is 0 Å². The Kier molecular flexibility index (Phi) is 6.37. The summed E-state index contributed by atoms with van der Waals surface area (Å²) in [5.74, 6) is -0.200. The minimum absolute atomic E-state index is 0.0143. The quantitative estimate of drug-likeness (QED) is 0.738. The van der Waals surface area contributed by atoms with E-state index >= 15 is 0 Å². The molecular formula is C17H16F4N2O3. The number of hydrogen-bond donors (Lipinski definition) is 1. The lowest BCUT2D eigenvalue weighted by Gasteiger charge is -2.11. The molecule has 0 fully saturated rings. The molecule has 140 valence electrons. The van der Waals surface area contributed by atoms with Crippen molar-refractivity contribution >= 4 is 12.2 Å². The molecule has 0 aliphatic carbocycles. The largest absolute Gasteiger partial charge is 0.435 e. The van der Waals surface area contributed by atoms with Gasteiger partial charge in [0.25, 0.3) is 5.56 Å².